The summed E-state index contributed by atoms with van der Waals surface area (Å²) in [5.74, 6) is -1.73. The number of likely N-dealkylation sites (N-methyl/N-ethyl adjacent to an activating group) is 1. The van der Waals surface area contributed by atoms with Crippen LogP contribution >= 0.6 is 0 Å². The Balaban J connectivity index is 4.16. The number of quaternary nitrogens is 1. The van der Waals surface area contributed by atoms with E-state index in [1.807, 2.05) is 21.1 Å². The summed E-state index contributed by atoms with van der Waals surface area (Å²) in [7, 11) is 5.43. The number of allylic oxidation sites excluding steroid dienone is 8. The zero-order chi connectivity index (χ0) is 49.9. The van der Waals surface area contributed by atoms with Gasteiger partial charge >= 0.3 is 11.9 Å². The van der Waals surface area contributed by atoms with Crippen molar-refractivity contribution in [3.05, 3.63) is 48.6 Å². The molecule has 0 fully saturated rings. The highest BCUT2D eigenvalue weighted by atomic mass is 16.6. The maximum Gasteiger partial charge on any atom is 0.306 e. The lowest BCUT2D eigenvalue weighted by molar-refractivity contribution is -0.889. The predicted octanol–water partition coefficient (Wildman–Crippen LogP) is 15.8. The lowest BCUT2D eigenvalue weighted by atomic mass is 10.0. The van der Waals surface area contributed by atoms with Gasteiger partial charge in [-0.3, -0.25) is 9.59 Å². The molecule has 0 bridgehead atoms. The van der Waals surface area contributed by atoms with Crippen molar-refractivity contribution in [3.63, 3.8) is 0 Å². The average molecular weight is 957 g/mol. The summed E-state index contributed by atoms with van der Waals surface area (Å²) < 4.78 is 17.3. The van der Waals surface area contributed by atoms with Gasteiger partial charge in [0.15, 0.2) is 6.10 Å². The standard InChI is InChI=1S/C60H109NO7/c1-6-8-10-12-14-16-18-20-22-24-26-28-29-31-33-35-37-39-41-43-45-47-49-51-59(63)68-56(54-66-53-52-57(60(64)65)61(3,4)5)55-67-58(62)50-48-46-44-42-40-38-36-34-32-30-27-25-23-21-19-17-15-13-11-9-7-2/h8,10,14,16,20,22,30,32,56-57H,6-7,9,11-13,15,17-19,21,23-29,31,33-55H2,1-5H3/b10-8+,16-14+,22-20+,32-30+. The summed E-state index contributed by atoms with van der Waals surface area (Å²) in [6.07, 6.45) is 63.0. The maximum absolute atomic E-state index is 12.8. The van der Waals surface area contributed by atoms with Crippen molar-refractivity contribution in [3.8, 4) is 0 Å². The molecule has 0 radical (unpaired) electrons. The van der Waals surface area contributed by atoms with Gasteiger partial charge in [-0.15, -0.1) is 0 Å². The van der Waals surface area contributed by atoms with E-state index in [0.717, 1.165) is 57.8 Å². The number of unbranched alkanes of at least 4 members (excludes halogenated alkanes) is 30. The summed E-state index contributed by atoms with van der Waals surface area (Å²) in [5.41, 5.74) is 0. The van der Waals surface area contributed by atoms with Crippen LogP contribution in [-0.4, -0.2) is 75.5 Å². The van der Waals surface area contributed by atoms with Crippen molar-refractivity contribution in [1.82, 2.24) is 0 Å². The minimum Gasteiger partial charge on any atom is -0.544 e. The van der Waals surface area contributed by atoms with E-state index in [1.165, 1.54) is 173 Å². The Morgan fingerprint density at radius 2 is 0.824 bits per heavy atom. The van der Waals surface area contributed by atoms with Gasteiger partial charge in [-0.1, -0.05) is 223 Å². The van der Waals surface area contributed by atoms with Crippen LogP contribution in [0.15, 0.2) is 48.6 Å². The van der Waals surface area contributed by atoms with E-state index in [1.54, 1.807) is 0 Å². The first-order chi connectivity index (χ1) is 33.1. The topological polar surface area (TPSA) is 102 Å². The molecule has 0 aromatic heterocycles. The number of carbonyl (C=O) groups excluding carboxylic acids is 3. The number of ether oxygens (including phenoxy) is 3. The highest BCUT2D eigenvalue weighted by Gasteiger charge is 2.25. The molecular formula is C60H109NO7. The van der Waals surface area contributed by atoms with E-state index in [2.05, 4.69) is 62.5 Å². The van der Waals surface area contributed by atoms with Crippen LogP contribution < -0.4 is 5.11 Å². The SMILES string of the molecule is CC/C=C/C/C=C/C/C=C/CCCCCCCCCCCCCCCC(=O)OC(COCCC(C(=O)[O-])[N+](C)(C)C)COC(=O)CCCCCCCCC/C=C/CCCCCCCCCCCC. The molecule has 0 aliphatic heterocycles. The van der Waals surface area contributed by atoms with Crippen LogP contribution in [0.1, 0.15) is 264 Å². The monoisotopic (exact) mass is 956 g/mol. The fourth-order valence-electron chi connectivity index (χ4n) is 8.55. The number of rotatable bonds is 52. The number of carboxylic acids is 1. The van der Waals surface area contributed by atoms with Gasteiger partial charge in [-0.25, -0.2) is 0 Å². The second-order valence-corrected chi connectivity index (χ2v) is 20.5. The summed E-state index contributed by atoms with van der Waals surface area (Å²) in [4.78, 5) is 37.2. The second kappa shape index (κ2) is 50.7. The molecule has 0 heterocycles. The molecule has 0 N–H and O–H groups in total. The van der Waals surface area contributed by atoms with Crippen LogP contribution in [0, 0.1) is 0 Å². The highest BCUT2D eigenvalue weighted by Crippen LogP contribution is 2.16. The summed E-state index contributed by atoms with van der Waals surface area (Å²) >= 11 is 0. The first-order valence-corrected chi connectivity index (χ1v) is 28.7. The molecule has 0 aliphatic rings. The first-order valence-electron chi connectivity index (χ1n) is 28.7. The number of carbonyl (C=O) groups is 3. The Labute approximate surface area is 420 Å². The molecular weight excluding hydrogens is 847 g/mol. The Bertz CT molecular complexity index is 1250. The van der Waals surface area contributed by atoms with Crippen molar-refractivity contribution >= 4 is 17.9 Å². The minimum absolute atomic E-state index is 0.0405. The Morgan fingerprint density at radius 3 is 1.24 bits per heavy atom. The van der Waals surface area contributed by atoms with Crippen molar-refractivity contribution in [2.24, 2.45) is 0 Å². The highest BCUT2D eigenvalue weighted by molar-refractivity contribution is 5.70. The fraction of sp³-hybridized carbons (Fsp3) is 0.817. The maximum atomic E-state index is 12.8. The number of nitrogens with zero attached hydrogens (tertiary/aromatic N) is 1. The third kappa shape index (κ3) is 48.3. The Kier molecular flexibility index (Phi) is 48.7. The third-order valence-corrected chi connectivity index (χ3v) is 12.9. The van der Waals surface area contributed by atoms with Crippen molar-refractivity contribution < 1.29 is 38.2 Å². The van der Waals surface area contributed by atoms with Crippen LogP contribution in [0.3, 0.4) is 0 Å². The zero-order valence-corrected chi connectivity index (χ0v) is 45.3. The molecule has 68 heavy (non-hydrogen) atoms. The molecule has 0 aromatic carbocycles. The van der Waals surface area contributed by atoms with E-state index in [9.17, 15) is 19.5 Å². The van der Waals surface area contributed by atoms with E-state index in [-0.39, 0.29) is 42.7 Å². The molecule has 8 heteroatoms. The molecule has 396 valence electrons. The van der Waals surface area contributed by atoms with Crippen LogP contribution in [0.4, 0.5) is 0 Å². The quantitative estimate of drug-likeness (QED) is 0.0259. The van der Waals surface area contributed by atoms with E-state index in [0.29, 0.717) is 12.8 Å². The molecule has 0 aliphatic carbocycles. The molecule has 2 atom stereocenters. The molecule has 0 rings (SSSR count). The molecule has 0 amide bonds. The van der Waals surface area contributed by atoms with Gasteiger partial charge < -0.3 is 28.6 Å². The molecule has 0 saturated carbocycles. The summed E-state index contributed by atoms with van der Waals surface area (Å²) in [5, 5.41) is 11.7. The van der Waals surface area contributed by atoms with Gasteiger partial charge in [0.05, 0.1) is 40.3 Å². The van der Waals surface area contributed by atoms with Gasteiger partial charge in [0.2, 0.25) is 0 Å². The third-order valence-electron chi connectivity index (χ3n) is 12.9. The van der Waals surface area contributed by atoms with E-state index < -0.39 is 18.1 Å². The lowest BCUT2D eigenvalue weighted by Crippen LogP contribution is -2.55. The van der Waals surface area contributed by atoms with Gasteiger partial charge in [-0.2, -0.15) is 0 Å². The Morgan fingerprint density at radius 1 is 0.456 bits per heavy atom. The molecule has 0 saturated heterocycles. The van der Waals surface area contributed by atoms with Crippen molar-refractivity contribution in [2.45, 2.75) is 276 Å². The molecule has 8 nitrogen and oxygen atoms in total. The van der Waals surface area contributed by atoms with Gasteiger partial charge in [0.25, 0.3) is 0 Å². The van der Waals surface area contributed by atoms with Crippen LogP contribution in [-0.2, 0) is 28.6 Å². The van der Waals surface area contributed by atoms with Crippen LogP contribution in [0.2, 0.25) is 0 Å². The van der Waals surface area contributed by atoms with Crippen LogP contribution in [0.5, 0.6) is 0 Å². The number of esters is 2. The van der Waals surface area contributed by atoms with Gasteiger partial charge in [-0.05, 0) is 70.6 Å². The number of hydrogen-bond donors (Lipinski definition) is 0. The molecule has 0 aromatic rings. The van der Waals surface area contributed by atoms with Crippen molar-refractivity contribution in [2.75, 3.05) is 41.0 Å². The fourth-order valence-corrected chi connectivity index (χ4v) is 8.55. The number of hydrogen-bond acceptors (Lipinski definition) is 7. The summed E-state index contributed by atoms with van der Waals surface area (Å²) in [6, 6.07) is -0.727. The van der Waals surface area contributed by atoms with Crippen LogP contribution in [0.25, 0.3) is 0 Å². The lowest BCUT2D eigenvalue weighted by Gasteiger charge is -2.34. The number of carboxylic acid groups (broad SMARTS) is 1. The second-order valence-electron chi connectivity index (χ2n) is 20.5. The molecule has 0 spiro atoms. The summed E-state index contributed by atoms with van der Waals surface area (Å²) in [6.45, 7) is 4.59. The van der Waals surface area contributed by atoms with Crippen molar-refractivity contribution in [1.29, 1.82) is 0 Å². The average Bonchev–Trinajstić information content (AvgIpc) is 3.30. The van der Waals surface area contributed by atoms with Gasteiger partial charge in [0.1, 0.15) is 12.6 Å². The van der Waals surface area contributed by atoms with E-state index in [4.69, 9.17) is 14.2 Å². The predicted molar refractivity (Wildman–Crippen MR) is 286 cm³/mol. The smallest absolute Gasteiger partial charge is 0.306 e. The largest absolute Gasteiger partial charge is 0.544 e. The van der Waals surface area contributed by atoms with Gasteiger partial charge in [0, 0.05) is 19.3 Å². The van der Waals surface area contributed by atoms with E-state index >= 15 is 0 Å². The zero-order valence-electron chi connectivity index (χ0n) is 45.3. The minimum atomic E-state index is -1.12. The Hall–Kier alpha value is -2.71. The molecule has 2 unspecified atom stereocenters. The number of aliphatic carboxylic acids is 1. The normalized spacial score (nSPS) is 13.1. The first kappa shape index (κ1) is 65.3.